The van der Waals surface area contributed by atoms with Crippen LogP contribution in [0.2, 0.25) is 0 Å². The monoisotopic (exact) mass is 353 g/mol. The van der Waals surface area contributed by atoms with Gasteiger partial charge in [0.2, 0.25) is 0 Å². The molecule has 5 rings (SSSR count). The largest absolute Gasteiger partial charge is 0.478 e. The maximum absolute atomic E-state index is 11.6. The van der Waals surface area contributed by atoms with Gasteiger partial charge in [0.1, 0.15) is 0 Å². The maximum Gasteiger partial charge on any atom is 0.335 e. The third-order valence-corrected chi connectivity index (χ3v) is 5.59. The van der Waals surface area contributed by atoms with Crippen molar-refractivity contribution in [3.05, 3.63) is 112 Å². The summed E-state index contributed by atoms with van der Waals surface area (Å²) in [5.41, 5.74) is 6.33. The second-order valence-electron chi connectivity index (χ2n) is 7.14. The van der Waals surface area contributed by atoms with Crippen molar-refractivity contribution in [3.63, 3.8) is 0 Å². The Morgan fingerprint density at radius 2 is 1.63 bits per heavy atom. The number of carboxylic acid groups (broad SMARTS) is 1. The lowest BCUT2D eigenvalue weighted by atomic mass is 9.90. The predicted molar refractivity (Wildman–Crippen MR) is 105 cm³/mol. The van der Waals surface area contributed by atoms with Crippen LogP contribution in [0.15, 0.2) is 78.9 Å². The van der Waals surface area contributed by atoms with Crippen LogP contribution in [0.5, 0.6) is 0 Å². The minimum absolute atomic E-state index is 0.0516. The van der Waals surface area contributed by atoms with E-state index in [4.69, 9.17) is 0 Å². The number of carboxylic acids is 1. The van der Waals surface area contributed by atoms with Crippen LogP contribution in [0.3, 0.4) is 0 Å². The maximum atomic E-state index is 11.6. The predicted octanol–water partition coefficient (Wildman–Crippen LogP) is 5.06. The number of aromatic carboxylic acids is 1. The first-order valence-corrected chi connectivity index (χ1v) is 9.16. The van der Waals surface area contributed by atoms with Crippen LogP contribution in [0.4, 0.5) is 0 Å². The van der Waals surface area contributed by atoms with Crippen LogP contribution in [-0.2, 0) is 6.54 Å². The zero-order chi connectivity index (χ0) is 18.4. The van der Waals surface area contributed by atoms with Gasteiger partial charge < -0.3 is 5.11 Å². The summed E-state index contributed by atoms with van der Waals surface area (Å²) in [5, 5.41) is 9.49. The molecule has 2 heterocycles. The smallest absolute Gasteiger partial charge is 0.335 e. The summed E-state index contributed by atoms with van der Waals surface area (Å²) >= 11 is 0. The molecular formula is C24H19NO2. The average Bonchev–Trinajstić information content (AvgIpc) is 2.89. The molecule has 0 saturated carbocycles. The molecule has 2 bridgehead atoms. The van der Waals surface area contributed by atoms with Gasteiger partial charge in [-0.15, -0.1) is 0 Å². The standard InChI is InChI=1S/C24H19NO2/c26-24(27)18-11-10-17-12-13-22-19-8-4-5-9-20(19)23(21(17)14-18)25(22)15-16-6-2-1-3-7-16/h1-14,22-23H,15H2,(H,26,27). The molecule has 0 amide bonds. The minimum Gasteiger partial charge on any atom is -0.478 e. The van der Waals surface area contributed by atoms with Crippen LogP contribution in [0, 0.1) is 0 Å². The molecule has 2 atom stereocenters. The fourth-order valence-electron chi connectivity index (χ4n) is 4.38. The molecule has 3 nitrogen and oxygen atoms in total. The van der Waals surface area contributed by atoms with Crippen LogP contribution in [0.1, 0.15) is 50.3 Å². The number of benzene rings is 3. The fourth-order valence-corrected chi connectivity index (χ4v) is 4.38. The summed E-state index contributed by atoms with van der Waals surface area (Å²) in [5.74, 6) is -0.886. The Morgan fingerprint density at radius 3 is 2.41 bits per heavy atom. The van der Waals surface area contributed by atoms with Crippen LogP contribution < -0.4 is 0 Å². The van der Waals surface area contributed by atoms with Gasteiger partial charge in [0, 0.05) is 6.54 Å². The molecule has 0 radical (unpaired) electrons. The second-order valence-corrected chi connectivity index (χ2v) is 7.14. The number of nitrogens with zero attached hydrogens (tertiary/aromatic N) is 1. The molecule has 3 aromatic carbocycles. The molecule has 0 spiro atoms. The van der Waals surface area contributed by atoms with E-state index >= 15 is 0 Å². The van der Waals surface area contributed by atoms with E-state index < -0.39 is 5.97 Å². The first-order chi connectivity index (χ1) is 13.2. The third kappa shape index (κ3) is 2.59. The quantitative estimate of drug-likeness (QED) is 0.716. The Morgan fingerprint density at radius 1 is 0.889 bits per heavy atom. The molecule has 2 aliphatic rings. The lowest BCUT2D eigenvalue weighted by molar-refractivity contribution is 0.0696. The van der Waals surface area contributed by atoms with E-state index in [1.807, 2.05) is 18.2 Å². The van der Waals surface area contributed by atoms with Crippen LogP contribution in [-0.4, -0.2) is 16.0 Å². The molecule has 3 aromatic rings. The third-order valence-electron chi connectivity index (χ3n) is 5.59. The topological polar surface area (TPSA) is 40.5 Å². The van der Waals surface area contributed by atoms with Crippen molar-refractivity contribution in [3.8, 4) is 0 Å². The Balaban J connectivity index is 1.69. The Bertz CT molecular complexity index is 1050. The summed E-state index contributed by atoms with van der Waals surface area (Å²) in [7, 11) is 0. The van der Waals surface area contributed by atoms with Gasteiger partial charge >= 0.3 is 5.97 Å². The first-order valence-electron chi connectivity index (χ1n) is 9.16. The van der Waals surface area contributed by atoms with Gasteiger partial charge in [0.05, 0.1) is 17.6 Å². The summed E-state index contributed by atoms with van der Waals surface area (Å²) in [4.78, 5) is 14.0. The molecule has 2 unspecified atom stereocenters. The molecule has 0 aliphatic carbocycles. The highest BCUT2D eigenvalue weighted by atomic mass is 16.4. The highest BCUT2D eigenvalue weighted by Crippen LogP contribution is 2.49. The molecule has 132 valence electrons. The summed E-state index contributed by atoms with van der Waals surface area (Å²) < 4.78 is 0. The van der Waals surface area contributed by atoms with E-state index in [1.165, 1.54) is 16.7 Å². The van der Waals surface area contributed by atoms with Crippen LogP contribution in [0.25, 0.3) is 6.08 Å². The Kier molecular flexibility index (Phi) is 3.69. The van der Waals surface area contributed by atoms with Crippen molar-refractivity contribution in [1.29, 1.82) is 0 Å². The van der Waals surface area contributed by atoms with Crippen molar-refractivity contribution in [2.75, 3.05) is 0 Å². The number of hydrogen-bond acceptors (Lipinski definition) is 2. The zero-order valence-electron chi connectivity index (χ0n) is 14.7. The first kappa shape index (κ1) is 16.0. The van der Waals surface area contributed by atoms with Gasteiger partial charge in [0.25, 0.3) is 0 Å². The second kappa shape index (κ2) is 6.22. The van der Waals surface area contributed by atoms with Gasteiger partial charge in [0.15, 0.2) is 0 Å². The van der Waals surface area contributed by atoms with Gasteiger partial charge in [-0.3, -0.25) is 4.90 Å². The molecule has 2 aliphatic heterocycles. The molecule has 27 heavy (non-hydrogen) atoms. The number of fused-ring (bicyclic) bond motifs is 7. The summed E-state index contributed by atoms with van der Waals surface area (Å²) in [6.07, 6.45) is 4.38. The molecule has 0 saturated heterocycles. The van der Waals surface area contributed by atoms with Crippen molar-refractivity contribution in [1.82, 2.24) is 4.90 Å². The van der Waals surface area contributed by atoms with Gasteiger partial charge in [-0.25, -0.2) is 4.79 Å². The normalized spacial score (nSPS) is 20.0. The Labute approximate surface area is 158 Å². The van der Waals surface area contributed by atoms with Crippen LogP contribution >= 0.6 is 0 Å². The molecule has 0 fully saturated rings. The lowest BCUT2D eigenvalue weighted by Gasteiger charge is -2.29. The SMILES string of the molecule is O=C(O)c1ccc2c(c1)C1c3ccccc3C(C=C2)N1Cc1ccccc1. The Hall–Kier alpha value is -3.17. The van der Waals surface area contributed by atoms with E-state index in [0.717, 1.165) is 17.7 Å². The summed E-state index contributed by atoms with van der Waals surface area (Å²) in [6, 6.07) is 24.7. The molecule has 0 aromatic heterocycles. The summed E-state index contributed by atoms with van der Waals surface area (Å²) in [6.45, 7) is 0.811. The van der Waals surface area contributed by atoms with E-state index in [1.54, 1.807) is 6.07 Å². The molecular weight excluding hydrogens is 334 g/mol. The molecule has 3 heteroatoms. The van der Waals surface area contributed by atoms with E-state index in [2.05, 4.69) is 65.6 Å². The molecule has 1 N–H and O–H groups in total. The number of carbonyl (C=O) groups is 1. The van der Waals surface area contributed by atoms with E-state index in [9.17, 15) is 9.90 Å². The van der Waals surface area contributed by atoms with E-state index in [-0.39, 0.29) is 12.1 Å². The number of hydrogen-bond donors (Lipinski definition) is 1. The van der Waals surface area contributed by atoms with Gasteiger partial charge in [-0.1, -0.05) is 72.8 Å². The van der Waals surface area contributed by atoms with Gasteiger partial charge in [-0.2, -0.15) is 0 Å². The fraction of sp³-hybridized carbons (Fsp3) is 0.125. The van der Waals surface area contributed by atoms with Crippen molar-refractivity contribution >= 4 is 12.0 Å². The van der Waals surface area contributed by atoms with Crippen molar-refractivity contribution < 1.29 is 9.90 Å². The van der Waals surface area contributed by atoms with Crippen molar-refractivity contribution in [2.45, 2.75) is 18.6 Å². The van der Waals surface area contributed by atoms with E-state index in [0.29, 0.717) is 5.56 Å². The minimum atomic E-state index is -0.886. The highest BCUT2D eigenvalue weighted by Gasteiger charge is 2.40. The number of rotatable bonds is 3. The average molecular weight is 353 g/mol. The highest BCUT2D eigenvalue weighted by molar-refractivity contribution is 5.88. The van der Waals surface area contributed by atoms with Crippen molar-refractivity contribution in [2.24, 2.45) is 0 Å². The van der Waals surface area contributed by atoms with Gasteiger partial charge in [-0.05, 0) is 39.9 Å². The lowest BCUT2D eigenvalue weighted by Crippen LogP contribution is -2.25. The zero-order valence-corrected chi connectivity index (χ0v) is 14.7.